The van der Waals surface area contributed by atoms with E-state index in [2.05, 4.69) is 39.7 Å². The summed E-state index contributed by atoms with van der Waals surface area (Å²) in [4.78, 5) is 4.33. The molecule has 3 heteroatoms. The van der Waals surface area contributed by atoms with Crippen molar-refractivity contribution in [3.63, 3.8) is 0 Å². The molecule has 94 valence electrons. The molecule has 1 aromatic heterocycles. The van der Waals surface area contributed by atoms with Gasteiger partial charge in [0.05, 0.1) is 5.69 Å². The molecule has 1 unspecified atom stereocenters. The van der Waals surface area contributed by atoms with Crippen molar-refractivity contribution in [1.82, 2.24) is 10.3 Å². The fourth-order valence-corrected chi connectivity index (χ4v) is 1.99. The maximum absolute atomic E-state index is 4.33. The third kappa shape index (κ3) is 5.99. The summed E-state index contributed by atoms with van der Waals surface area (Å²) in [5.41, 5.74) is 1.09. The van der Waals surface area contributed by atoms with Gasteiger partial charge in [-0.2, -0.15) is 0 Å². The minimum absolute atomic E-state index is 0.762. The van der Waals surface area contributed by atoms with E-state index < -0.39 is 0 Å². The van der Waals surface area contributed by atoms with Crippen molar-refractivity contribution in [2.24, 2.45) is 5.92 Å². The van der Waals surface area contributed by atoms with Gasteiger partial charge in [-0.3, -0.25) is 4.98 Å². The molecule has 0 bridgehead atoms. The van der Waals surface area contributed by atoms with Gasteiger partial charge >= 0.3 is 0 Å². The molecule has 0 saturated carbocycles. The Morgan fingerprint density at radius 3 is 2.94 bits per heavy atom. The lowest BCUT2D eigenvalue weighted by Gasteiger charge is -2.12. The van der Waals surface area contributed by atoms with E-state index in [4.69, 9.17) is 0 Å². The molecule has 1 atom stereocenters. The van der Waals surface area contributed by atoms with Crippen LogP contribution in [0.3, 0.4) is 0 Å². The highest BCUT2D eigenvalue weighted by Gasteiger charge is 2.03. The van der Waals surface area contributed by atoms with E-state index >= 15 is 0 Å². The Labute approximate surface area is 113 Å². The topological polar surface area (TPSA) is 24.9 Å². The quantitative estimate of drug-likeness (QED) is 0.581. The highest BCUT2D eigenvalue weighted by atomic mass is 79.9. The third-order valence-electron chi connectivity index (χ3n) is 2.90. The highest BCUT2D eigenvalue weighted by molar-refractivity contribution is 9.10. The fraction of sp³-hybridized carbons (Fsp3) is 0.500. The van der Waals surface area contributed by atoms with Crippen molar-refractivity contribution in [2.45, 2.75) is 32.7 Å². The lowest BCUT2D eigenvalue weighted by Crippen LogP contribution is -2.18. The molecule has 17 heavy (non-hydrogen) atoms. The zero-order valence-corrected chi connectivity index (χ0v) is 12.0. The van der Waals surface area contributed by atoms with Crippen LogP contribution in [0.5, 0.6) is 0 Å². The summed E-state index contributed by atoms with van der Waals surface area (Å²) in [7, 11) is 0. The average molecular weight is 297 g/mol. The number of pyridine rings is 1. The van der Waals surface area contributed by atoms with Crippen LogP contribution >= 0.6 is 15.9 Å². The van der Waals surface area contributed by atoms with Gasteiger partial charge in [-0.15, -0.1) is 6.58 Å². The number of hydrogen-bond acceptors (Lipinski definition) is 2. The van der Waals surface area contributed by atoms with Gasteiger partial charge in [0.2, 0.25) is 0 Å². The van der Waals surface area contributed by atoms with Crippen LogP contribution in [0.25, 0.3) is 0 Å². The summed E-state index contributed by atoms with van der Waals surface area (Å²) in [6.45, 7) is 7.93. The summed E-state index contributed by atoms with van der Waals surface area (Å²) in [6, 6.07) is 4.06. The zero-order valence-electron chi connectivity index (χ0n) is 10.5. The van der Waals surface area contributed by atoms with E-state index in [9.17, 15) is 0 Å². The first-order valence-electron chi connectivity index (χ1n) is 6.18. The predicted octanol–water partition coefficient (Wildman–Crippen LogP) is 3.93. The molecular formula is C14H21BrN2. The number of nitrogens with zero attached hydrogens (tertiary/aromatic N) is 1. The average Bonchev–Trinajstić information content (AvgIpc) is 2.35. The first kappa shape index (κ1) is 14.4. The van der Waals surface area contributed by atoms with E-state index in [1.807, 2.05) is 24.4 Å². The molecule has 1 N–H and O–H groups in total. The highest BCUT2D eigenvalue weighted by Crippen LogP contribution is 2.12. The number of allylic oxidation sites excluding steroid dienone is 1. The predicted molar refractivity (Wildman–Crippen MR) is 76.9 cm³/mol. The van der Waals surface area contributed by atoms with Gasteiger partial charge in [0, 0.05) is 17.2 Å². The van der Waals surface area contributed by atoms with Gasteiger partial charge in [-0.1, -0.05) is 19.4 Å². The third-order valence-corrected chi connectivity index (χ3v) is 3.37. The molecular weight excluding hydrogens is 276 g/mol. The molecule has 1 heterocycles. The van der Waals surface area contributed by atoms with Crippen molar-refractivity contribution >= 4 is 15.9 Å². The van der Waals surface area contributed by atoms with E-state index in [0.29, 0.717) is 0 Å². The number of nitrogens with one attached hydrogen (secondary N) is 1. The summed E-state index contributed by atoms with van der Waals surface area (Å²) in [6.07, 6.45) is 7.41. The van der Waals surface area contributed by atoms with Crippen molar-refractivity contribution in [3.05, 3.63) is 41.2 Å². The smallest absolute Gasteiger partial charge is 0.0542 e. The van der Waals surface area contributed by atoms with E-state index in [1.54, 1.807) is 0 Å². The van der Waals surface area contributed by atoms with Crippen molar-refractivity contribution in [2.75, 3.05) is 6.54 Å². The van der Waals surface area contributed by atoms with Crippen LogP contribution in [0.1, 0.15) is 31.9 Å². The second kappa shape index (κ2) is 8.43. The fourth-order valence-electron chi connectivity index (χ4n) is 1.76. The lowest BCUT2D eigenvalue weighted by atomic mass is 9.99. The van der Waals surface area contributed by atoms with Crippen molar-refractivity contribution in [3.8, 4) is 0 Å². The molecule has 0 aliphatic carbocycles. The number of halogens is 1. The summed E-state index contributed by atoms with van der Waals surface area (Å²) in [5, 5.41) is 3.43. The van der Waals surface area contributed by atoms with Crippen LogP contribution in [0.4, 0.5) is 0 Å². The number of aromatic nitrogens is 1. The Kier molecular flexibility index (Phi) is 7.13. The molecule has 0 aliphatic heterocycles. The van der Waals surface area contributed by atoms with Crippen LogP contribution in [-0.4, -0.2) is 11.5 Å². The van der Waals surface area contributed by atoms with E-state index in [-0.39, 0.29) is 0 Å². The number of hydrogen-bond donors (Lipinski definition) is 1. The largest absolute Gasteiger partial charge is 0.311 e. The molecule has 0 saturated heterocycles. The van der Waals surface area contributed by atoms with Crippen LogP contribution < -0.4 is 5.32 Å². The maximum Gasteiger partial charge on any atom is 0.0542 e. The van der Waals surface area contributed by atoms with Gasteiger partial charge in [0.15, 0.2) is 0 Å². The zero-order chi connectivity index (χ0) is 12.5. The molecule has 0 aromatic carbocycles. The summed E-state index contributed by atoms with van der Waals surface area (Å²) >= 11 is 3.38. The summed E-state index contributed by atoms with van der Waals surface area (Å²) < 4.78 is 1.03. The Hall–Kier alpha value is -0.670. The first-order valence-corrected chi connectivity index (χ1v) is 6.97. The van der Waals surface area contributed by atoms with Gasteiger partial charge in [-0.25, -0.2) is 0 Å². The Morgan fingerprint density at radius 2 is 2.35 bits per heavy atom. The monoisotopic (exact) mass is 296 g/mol. The SMILES string of the molecule is C=CCC(CC)CCNCc1ccc(Br)cn1. The molecule has 2 nitrogen and oxygen atoms in total. The molecule has 0 fully saturated rings. The van der Waals surface area contributed by atoms with Gasteiger partial charge < -0.3 is 5.32 Å². The Bertz CT molecular complexity index is 321. The van der Waals surface area contributed by atoms with Gasteiger partial charge in [0.1, 0.15) is 0 Å². The van der Waals surface area contributed by atoms with Crippen LogP contribution in [0.15, 0.2) is 35.5 Å². The van der Waals surface area contributed by atoms with E-state index in [0.717, 1.165) is 35.6 Å². The maximum atomic E-state index is 4.33. The molecule has 0 radical (unpaired) electrons. The molecule has 0 amide bonds. The molecule has 0 spiro atoms. The van der Waals surface area contributed by atoms with Gasteiger partial charge in [-0.05, 0) is 53.4 Å². The standard InChI is InChI=1S/C14H21BrN2/c1-3-5-12(4-2)8-9-16-11-14-7-6-13(15)10-17-14/h3,6-7,10,12,16H,1,4-5,8-9,11H2,2H3. The van der Waals surface area contributed by atoms with Crippen molar-refractivity contribution < 1.29 is 0 Å². The van der Waals surface area contributed by atoms with Gasteiger partial charge in [0.25, 0.3) is 0 Å². The lowest BCUT2D eigenvalue weighted by molar-refractivity contribution is 0.455. The normalized spacial score (nSPS) is 12.4. The molecule has 0 aliphatic rings. The second-order valence-corrected chi connectivity index (χ2v) is 5.15. The Morgan fingerprint density at radius 1 is 1.53 bits per heavy atom. The first-order chi connectivity index (χ1) is 8.26. The molecule has 1 rings (SSSR count). The second-order valence-electron chi connectivity index (χ2n) is 4.23. The molecule has 1 aromatic rings. The van der Waals surface area contributed by atoms with E-state index in [1.165, 1.54) is 12.8 Å². The van der Waals surface area contributed by atoms with Crippen LogP contribution in [0, 0.1) is 5.92 Å². The Balaban J connectivity index is 2.19. The number of rotatable bonds is 8. The van der Waals surface area contributed by atoms with Crippen LogP contribution in [0.2, 0.25) is 0 Å². The van der Waals surface area contributed by atoms with Crippen molar-refractivity contribution in [1.29, 1.82) is 0 Å². The summed E-state index contributed by atoms with van der Waals surface area (Å²) in [5.74, 6) is 0.762. The minimum atomic E-state index is 0.762. The minimum Gasteiger partial charge on any atom is -0.311 e. The van der Waals surface area contributed by atoms with Crippen LogP contribution in [-0.2, 0) is 6.54 Å².